The Kier molecular flexibility index (Phi) is 4.08. The summed E-state index contributed by atoms with van der Waals surface area (Å²) in [6, 6.07) is 4.29. The second-order valence-corrected chi connectivity index (χ2v) is 8.51. The number of hydrogen-bond donors (Lipinski definition) is 1. The zero-order valence-electron chi connectivity index (χ0n) is 16.4. The van der Waals surface area contributed by atoms with Gasteiger partial charge in [-0.05, 0) is 82.1 Å². The third-order valence-corrected chi connectivity index (χ3v) is 6.75. The van der Waals surface area contributed by atoms with E-state index in [1.807, 2.05) is 11.9 Å². The van der Waals surface area contributed by atoms with Crippen LogP contribution in [0.5, 0.6) is 11.5 Å². The van der Waals surface area contributed by atoms with E-state index >= 15 is 0 Å². The molecule has 1 aromatic rings. The van der Waals surface area contributed by atoms with Gasteiger partial charge in [-0.15, -0.1) is 0 Å². The molecule has 1 N–H and O–H groups in total. The number of benzene rings is 1. The number of fused-ring (bicyclic) bond motifs is 2. The number of rotatable bonds is 3. The van der Waals surface area contributed by atoms with E-state index in [1.165, 1.54) is 24.0 Å². The molecular weight excluding hydrogens is 328 g/mol. The number of methoxy groups -OCH3 is 1. The minimum Gasteiger partial charge on any atom is -0.493 e. The van der Waals surface area contributed by atoms with Gasteiger partial charge >= 0.3 is 6.03 Å². The van der Waals surface area contributed by atoms with E-state index in [0.29, 0.717) is 0 Å². The predicted octanol–water partition coefficient (Wildman–Crippen LogP) is 3.98. The van der Waals surface area contributed by atoms with E-state index in [9.17, 15) is 4.79 Å². The Morgan fingerprint density at radius 1 is 1.15 bits per heavy atom. The van der Waals surface area contributed by atoms with Crippen LogP contribution in [0.1, 0.15) is 63.5 Å². The average molecular weight is 358 g/mol. The van der Waals surface area contributed by atoms with Crippen LogP contribution in [0.15, 0.2) is 12.1 Å². The highest BCUT2D eigenvalue weighted by atomic mass is 16.5. The van der Waals surface area contributed by atoms with Crippen molar-refractivity contribution in [3.8, 4) is 11.5 Å². The highest BCUT2D eigenvalue weighted by Crippen LogP contribution is 2.52. The Hall–Kier alpha value is -1.91. The monoisotopic (exact) mass is 358 g/mol. The first-order chi connectivity index (χ1) is 12.4. The quantitative estimate of drug-likeness (QED) is 0.889. The van der Waals surface area contributed by atoms with Crippen LogP contribution >= 0.6 is 0 Å². The summed E-state index contributed by atoms with van der Waals surface area (Å²) in [5.74, 6) is 1.63. The SMILES string of the molecule is COc1cc2c(cc1OC1CCCC1)C1(CCC2)N(C)C(=O)NC1(C)C. The van der Waals surface area contributed by atoms with Gasteiger partial charge in [0, 0.05) is 7.05 Å². The number of likely N-dealkylation sites (N-methyl/N-ethyl adjacent to an activating group) is 1. The summed E-state index contributed by atoms with van der Waals surface area (Å²) in [7, 11) is 3.62. The van der Waals surface area contributed by atoms with Crippen LogP contribution in [-0.2, 0) is 12.0 Å². The minimum atomic E-state index is -0.349. The predicted molar refractivity (Wildman–Crippen MR) is 101 cm³/mol. The molecule has 1 spiro atoms. The number of carbonyl (C=O) groups is 1. The number of nitrogens with zero attached hydrogens (tertiary/aromatic N) is 1. The van der Waals surface area contributed by atoms with Gasteiger partial charge in [-0.2, -0.15) is 0 Å². The van der Waals surface area contributed by atoms with Gasteiger partial charge in [0.25, 0.3) is 0 Å². The summed E-state index contributed by atoms with van der Waals surface area (Å²) < 4.78 is 12.0. The summed E-state index contributed by atoms with van der Waals surface area (Å²) in [6.45, 7) is 4.26. The molecule has 5 nitrogen and oxygen atoms in total. The normalized spacial score (nSPS) is 27.5. The molecule has 1 saturated carbocycles. The molecule has 1 atom stereocenters. The lowest BCUT2D eigenvalue weighted by atomic mass is 9.66. The van der Waals surface area contributed by atoms with Gasteiger partial charge < -0.3 is 19.7 Å². The van der Waals surface area contributed by atoms with Crippen molar-refractivity contribution in [1.29, 1.82) is 0 Å². The number of hydrogen-bond acceptors (Lipinski definition) is 3. The Morgan fingerprint density at radius 2 is 1.88 bits per heavy atom. The Bertz CT molecular complexity index is 724. The van der Waals surface area contributed by atoms with Gasteiger partial charge in [0.1, 0.15) is 0 Å². The van der Waals surface area contributed by atoms with Crippen molar-refractivity contribution in [2.75, 3.05) is 14.2 Å². The first-order valence-corrected chi connectivity index (χ1v) is 9.83. The van der Waals surface area contributed by atoms with Crippen molar-refractivity contribution < 1.29 is 14.3 Å². The molecule has 1 saturated heterocycles. The maximum absolute atomic E-state index is 12.5. The molecule has 4 rings (SSSR count). The third kappa shape index (κ3) is 2.39. The van der Waals surface area contributed by atoms with Crippen molar-refractivity contribution in [2.24, 2.45) is 0 Å². The van der Waals surface area contributed by atoms with Crippen molar-refractivity contribution in [2.45, 2.75) is 76.0 Å². The van der Waals surface area contributed by atoms with Crippen molar-refractivity contribution in [1.82, 2.24) is 10.2 Å². The number of carbonyl (C=O) groups excluding carboxylic acids is 1. The summed E-state index contributed by atoms with van der Waals surface area (Å²) in [6.07, 6.45) is 7.98. The smallest absolute Gasteiger partial charge is 0.318 e. The number of amides is 2. The summed E-state index contributed by atoms with van der Waals surface area (Å²) in [4.78, 5) is 14.4. The van der Waals surface area contributed by atoms with Crippen molar-refractivity contribution in [3.63, 3.8) is 0 Å². The highest BCUT2D eigenvalue weighted by Gasteiger charge is 2.58. The fraction of sp³-hybridized carbons (Fsp3) is 0.667. The second kappa shape index (κ2) is 6.07. The first kappa shape index (κ1) is 17.5. The lowest BCUT2D eigenvalue weighted by Crippen LogP contribution is -2.55. The van der Waals surface area contributed by atoms with Crippen LogP contribution in [0.3, 0.4) is 0 Å². The molecule has 26 heavy (non-hydrogen) atoms. The molecule has 2 amide bonds. The van der Waals surface area contributed by atoms with Gasteiger partial charge in [-0.25, -0.2) is 4.79 Å². The average Bonchev–Trinajstić information content (AvgIpc) is 3.17. The number of ether oxygens (including phenoxy) is 2. The standard InChI is InChI=1S/C21H30N2O3/c1-20(2)21(23(3)19(24)22-20)11-7-8-14-12-17(25-4)18(13-16(14)21)26-15-9-5-6-10-15/h12-13,15H,5-11H2,1-4H3,(H,22,24). The van der Waals surface area contributed by atoms with Crippen LogP contribution < -0.4 is 14.8 Å². The minimum absolute atomic E-state index is 0.00284. The molecular formula is C21H30N2O3. The fourth-order valence-electron chi connectivity index (χ4n) is 5.35. The summed E-state index contributed by atoms with van der Waals surface area (Å²) in [5.41, 5.74) is 1.79. The lowest BCUT2D eigenvalue weighted by molar-refractivity contribution is 0.103. The Labute approximate surface area is 156 Å². The van der Waals surface area contributed by atoms with E-state index in [0.717, 1.165) is 43.6 Å². The van der Waals surface area contributed by atoms with Gasteiger partial charge in [-0.3, -0.25) is 0 Å². The highest BCUT2D eigenvalue weighted by molar-refractivity contribution is 5.80. The van der Waals surface area contributed by atoms with Gasteiger partial charge in [0.15, 0.2) is 11.5 Å². The molecule has 1 heterocycles. The Morgan fingerprint density at radius 3 is 2.50 bits per heavy atom. The number of nitrogens with one attached hydrogen (secondary N) is 1. The van der Waals surface area contributed by atoms with E-state index < -0.39 is 0 Å². The van der Waals surface area contributed by atoms with Crippen LogP contribution in [0, 0.1) is 0 Å². The molecule has 0 radical (unpaired) electrons. The molecule has 0 bridgehead atoms. The fourth-order valence-corrected chi connectivity index (χ4v) is 5.35. The van der Waals surface area contributed by atoms with E-state index in [2.05, 4.69) is 31.3 Å². The molecule has 1 aromatic carbocycles. The lowest BCUT2D eigenvalue weighted by Gasteiger charge is -2.48. The van der Waals surface area contributed by atoms with Crippen LogP contribution in [-0.4, -0.2) is 36.7 Å². The van der Waals surface area contributed by atoms with Gasteiger partial charge in [0.2, 0.25) is 0 Å². The topological polar surface area (TPSA) is 50.8 Å². The van der Waals surface area contributed by atoms with Gasteiger partial charge in [0.05, 0.1) is 24.3 Å². The molecule has 2 aliphatic carbocycles. The van der Waals surface area contributed by atoms with Crippen molar-refractivity contribution >= 4 is 6.03 Å². The van der Waals surface area contributed by atoms with Crippen LogP contribution in [0.2, 0.25) is 0 Å². The molecule has 5 heteroatoms. The maximum Gasteiger partial charge on any atom is 0.318 e. The van der Waals surface area contributed by atoms with Crippen LogP contribution in [0.4, 0.5) is 4.79 Å². The molecule has 1 aliphatic heterocycles. The first-order valence-electron chi connectivity index (χ1n) is 9.83. The van der Waals surface area contributed by atoms with Gasteiger partial charge in [-0.1, -0.05) is 0 Å². The zero-order chi connectivity index (χ0) is 18.5. The van der Waals surface area contributed by atoms with Crippen molar-refractivity contribution in [3.05, 3.63) is 23.3 Å². The van der Waals surface area contributed by atoms with E-state index in [-0.39, 0.29) is 23.2 Å². The summed E-state index contributed by atoms with van der Waals surface area (Å²) in [5, 5.41) is 3.18. The maximum atomic E-state index is 12.5. The molecule has 0 aromatic heterocycles. The second-order valence-electron chi connectivity index (χ2n) is 8.51. The molecule has 3 aliphatic rings. The summed E-state index contributed by atoms with van der Waals surface area (Å²) >= 11 is 0. The zero-order valence-corrected chi connectivity index (χ0v) is 16.4. The van der Waals surface area contributed by atoms with E-state index in [1.54, 1.807) is 7.11 Å². The number of urea groups is 1. The molecule has 1 unspecified atom stereocenters. The molecule has 2 fully saturated rings. The Balaban J connectivity index is 1.83. The largest absolute Gasteiger partial charge is 0.493 e. The number of aryl methyl sites for hydroxylation is 1. The third-order valence-electron chi connectivity index (χ3n) is 6.75. The van der Waals surface area contributed by atoms with Crippen LogP contribution in [0.25, 0.3) is 0 Å². The molecule has 142 valence electrons. The van der Waals surface area contributed by atoms with E-state index in [4.69, 9.17) is 9.47 Å².